The standard InChI is InChI=1S/C27H46N8O5S2/c1-17(6-5-11-31-26(29)30)34-25(40)22(33-16-36)13-23(38)32-15-27(3,4)42-41-14-18(2)35-24(39)21(28)12-19-7-9-20(37)10-8-19/h7-10,16-18,21-22,37H,5-6,11-15,28H2,1-4H3,(H,32,38)(H,33,36)(H,34,40)(H,35,39)(H4,29,30,31). The first-order chi connectivity index (χ1) is 19.7. The van der Waals surface area contributed by atoms with Gasteiger partial charge in [0.2, 0.25) is 24.1 Å². The van der Waals surface area contributed by atoms with E-state index in [-0.39, 0.29) is 46.8 Å². The van der Waals surface area contributed by atoms with Crippen LogP contribution in [0.15, 0.2) is 24.3 Å². The van der Waals surface area contributed by atoms with E-state index in [9.17, 15) is 24.3 Å². The highest BCUT2D eigenvalue weighted by Crippen LogP contribution is 2.35. The number of nitrogens with one attached hydrogen (secondary N) is 6. The van der Waals surface area contributed by atoms with Crippen molar-refractivity contribution < 1.29 is 24.3 Å². The summed E-state index contributed by atoms with van der Waals surface area (Å²) in [5, 5.41) is 30.2. The molecular weight excluding hydrogens is 580 g/mol. The highest BCUT2D eigenvalue weighted by Gasteiger charge is 2.25. The maximum absolute atomic E-state index is 12.6. The minimum atomic E-state index is -1.00. The summed E-state index contributed by atoms with van der Waals surface area (Å²) in [6.45, 7) is 8.49. The monoisotopic (exact) mass is 626 g/mol. The van der Waals surface area contributed by atoms with E-state index >= 15 is 0 Å². The van der Waals surface area contributed by atoms with Crippen LogP contribution in [0.4, 0.5) is 0 Å². The molecule has 0 aliphatic heterocycles. The molecule has 0 radical (unpaired) electrons. The third-order valence-corrected chi connectivity index (χ3v) is 9.39. The molecule has 0 saturated heterocycles. The molecule has 0 bridgehead atoms. The van der Waals surface area contributed by atoms with Gasteiger partial charge < -0.3 is 43.2 Å². The zero-order chi connectivity index (χ0) is 31.7. The lowest BCUT2D eigenvalue weighted by Crippen LogP contribution is -2.49. The fraction of sp³-hybridized carbons (Fsp3) is 0.593. The van der Waals surface area contributed by atoms with Crippen molar-refractivity contribution in [2.24, 2.45) is 11.5 Å². The van der Waals surface area contributed by atoms with Gasteiger partial charge >= 0.3 is 0 Å². The van der Waals surface area contributed by atoms with Gasteiger partial charge in [-0.3, -0.25) is 24.6 Å². The number of phenolic OH excluding ortho intramolecular Hbond substituents is 1. The first kappa shape index (κ1) is 36.9. The third kappa shape index (κ3) is 16.3. The number of guanidine groups is 1. The van der Waals surface area contributed by atoms with Crippen molar-refractivity contribution >= 4 is 51.7 Å². The molecule has 236 valence electrons. The van der Waals surface area contributed by atoms with Gasteiger partial charge in [-0.25, -0.2) is 0 Å². The molecule has 0 spiro atoms. The number of benzene rings is 1. The third-order valence-electron chi connectivity index (χ3n) is 5.92. The maximum atomic E-state index is 12.6. The van der Waals surface area contributed by atoms with E-state index in [0.29, 0.717) is 44.5 Å². The largest absolute Gasteiger partial charge is 0.508 e. The van der Waals surface area contributed by atoms with E-state index in [1.807, 2.05) is 27.7 Å². The minimum absolute atomic E-state index is 0.115. The van der Waals surface area contributed by atoms with Gasteiger partial charge in [0.15, 0.2) is 5.96 Å². The Morgan fingerprint density at radius 1 is 1.07 bits per heavy atom. The molecule has 0 aliphatic carbocycles. The Morgan fingerprint density at radius 3 is 2.33 bits per heavy atom. The van der Waals surface area contributed by atoms with Gasteiger partial charge in [0.1, 0.15) is 11.8 Å². The van der Waals surface area contributed by atoms with Crippen molar-refractivity contribution in [3.8, 4) is 5.75 Å². The fourth-order valence-corrected chi connectivity index (χ4v) is 6.38. The van der Waals surface area contributed by atoms with Crippen LogP contribution in [0.3, 0.4) is 0 Å². The van der Waals surface area contributed by atoms with E-state index in [0.717, 1.165) is 5.56 Å². The summed E-state index contributed by atoms with van der Waals surface area (Å²) >= 11 is 0. The zero-order valence-electron chi connectivity index (χ0n) is 24.7. The Bertz CT molecular complexity index is 1030. The molecule has 0 aliphatic rings. The summed E-state index contributed by atoms with van der Waals surface area (Å²) in [7, 11) is 3.12. The second-order valence-electron chi connectivity index (χ2n) is 10.7. The van der Waals surface area contributed by atoms with Crippen LogP contribution in [0.5, 0.6) is 5.75 Å². The van der Waals surface area contributed by atoms with Gasteiger partial charge in [-0.05, 0) is 64.7 Å². The number of nitrogens with two attached hydrogens (primary N) is 2. The van der Waals surface area contributed by atoms with Gasteiger partial charge in [0.05, 0.1) is 12.5 Å². The molecule has 0 fully saturated rings. The Labute approximate surface area is 255 Å². The van der Waals surface area contributed by atoms with Gasteiger partial charge in [-0.15, -0.1) is 0 Å². The van der Waals surface area contributed by atoms with Crippen molar-refractivity contribution in [2.45, 2.75) is 82.3 Å². The van der Waals surface area contributed by atoms with Crippen molar-refractivity contribution in [3.05, 3.63) is 29.8 Å². The van der Waals surface area contributed by atoms with Gasteiger partial charge in [-0.1, -0.05) is 33.7 Å². The molecule has 4 amide bonds. The van der Waals surface area contributed by atoms with Crippen molar-refractivity contribution in [1.29, 1.82) is 5.41 Å². The normalized spacial score (nSPS) is 14.0. The number of amides is 4. The molecule has 11 N–H and O–H groups in total. The van der Waals surface area contributed by atoms with E-state index in [1.165, 1.54) is 0 Å². The molecular formula is C27H46N8O5S2. The summed E-state index contributed by atoms with van der Waals surface area (Å²) in [5.74, 6) is -0.418. The molecule has 1 aromatic carbocycles. The van der Waals surface area contributed by atoms with Crippen LogP contribution in [0, 0.1) is 5.41 Å². The smallest absolute Gasteiger partial charge is 0.243 e. The van der Waals surface area contributed by atoms with Crippen LogP contribution in [0.1, 0.15) is 52.5 Å². The first-order valence-corrected chi connectivity index (χ1v) is 16.0. The number of carbonyl (C=O) groups excluding carboxylic acids is 4. The molecule has 4 unspecified atom stereocenters. The number of hydrogen-bond donors (Lipinski definition) is 9. The number of rotatable bonds is 20. The predicted molar refractivity (Wildman–Crippen MR) is 169 cm³/mol. The number of carbonyl (C=O) groups is 4. The van der Waals surface area contributed by atoms with Crippen molar-refractivity contribution in [1.82, 2.24) is 26.6 Å². The van der Waals surface area contributed by atoms with E-state index in [2.05, 4.69) is 26.6 Å². The molecule has 0 heterocycles. The fourth-order valence-electron chi connectivity index (χ4n) is 3.62. The van der Waals surface area contributed by atoms with Crippen LogP contribution in [0.25, 0.3) is 0 Å². The summed E-state index contributed by atoms with van der Waals surface area (Å²) in [5.41, 5.74) is 12.1. The highest BCUT2D eigenvalue weighted by molar-refractivity contribution is 8.77. The highest BCUT2D eigenvalue weighted by atomic mass is 33.1. The average Bonchev–Trinajstić information content (AvgIpc) is 2.90. The number of hydrogen-bond acceptors (Lipinski definition) is 9. The number of aromatic hydroxyl groups is 1. The summed E-state index contributed by atoms with van der Waals surface area (Å²) in [4.78, 5) is 48.7. The second kappa shape index (κ2) is 19.1. The SMILES string of the molecule is CC(CSSC(C)(C)CNC(=O)CC(NC=O)C(=O)NC(C)CCCNC(=N)N)NC(=O)C(N)Cc1ccc(O)cc1. The van der Waals surface area contributed by atoms with Gasteiger partial charge in [0.25, 0.3) is 0 Å². The summed E-state index contributed by atoms with van der Waals surface area (Å²) in [6.07, 6.45) is 1.86. The van der Waals surface area contributed by atoms with Crippen LogP contribution >= 0.6 is 21.6 Å². The quantitative estimate of drug-likeness (QED) is 0.0317. The zero-order valence-corrected chi connectivity index (χ0v) is 26.3. The van der Waals surface area contributed by atoms with E-state index in [1.54, 1.807) is 45.9 Å². The van der Waals surface area contributed by atoms with Crippen LogP contribution < -0.4 is 38.1 Å². The lowest BCUT2D eigenvalue weighted by atomic mass is 10.1. The molecule has 0 aromatic heterocycles. The maximum Gasteiger partial charge on any atom is 0.243 e. The van der Waals surface area contributed by atoms with E-state index in [4.69, 9.17) is 16.9 Å². The van der Waals surface area contributed by atoms with Crippen LogP contribution in [-0.4, -0.2) is 83.0 Å². The van der Waals surface area contributed by atoms with E-state index < -0.39 is 18.0 Å². The van der Waals surface area contributed by atoms with Crippen molar-refractivity contribution in [3.63, 3.8) is 0 Å². The molecule has 13 nitrogen and oxygen atoms in total. The molecule has 1 aromatic rings. The van der Waals surface area contributed by atoms with Crippen LogP contribution in [-0.2, 0) is 25.6 Å². The Balaban J connectivity index is 2.39. The topological polar surface area (TPSA) is 225 Å². The summed E-state index contributed by atoms with van der Waals surface area (Å²) < 4.78 is -0.350. The minimum Gasteiger partial charge on any atom is -0.508 e. The Kier molecular flexibility index (Phi) is 16.8. The number of phenols is 1. The van der Waals surface area contributed by atoms with Crippen LogP contribution in [0.2, 0.25) is 0 Å². The average molecular weight is 627 g/mol. The van der Waals surface area contributed by atoms with Gasteiger partial charge in [-0.2, -0.15) is 0 Å². The molecule has 42 heavy (non-hydrogen) atoms. The molecule has 1 rings (SSSR count). The Morgan fingerprint density at radius 2 is 1.71 bits per heavy atom. The second-order valence-corrected chi connectivity index (χ2v) is 13.8. The van der Waals surface area contributed by atoms with Crippen molar-refractivity contribution in [2.75, 3.05) is 18.8 Å². The lowest BCUT2D eigenvalue weighted by molar-refractivity contribution is -0.130. The first-order valence-electron chi connectivity index (χ1n) is 13.7. The van der Waals surface area contributed by atoms with Gasteiger partial charge in [0, 0.05) is 35.7 Å². The lowest BCUT2D eigenvalue weighted by Gasteiger charge is -2.25. The summed E-state index contributed by atoms with van der Waals surface area (Å²) in [6, 6.07) is 4.53. The molecule has 4 atom stereocenters. The molecule has 15 heteroatoms. The predicted octanol–water partition coefficient (Wildman–Crippen LogP) is 0.316. The molecule has 0 saturated carbocycles. The Hall–Kier alpha value is -3.17.